The second-order valence-electron chi connectivity index (χ2n) is 5.70. The quantitative estimate of drug-likeness (QED) is 0.673. The maximum Gasteiger partial charge on any atom is 0.303 e. The monoisotopic (exact) mass is 333 g/mol. The van der Waals surface area contributed by atoms with Gasteiger partial charge in [-0.3, -0.25) is 24.3 Å². The molecule has 0 bridgehead atoms. The number of benzene rings is 1. The first-order valence-corrected chi connectivity index (χ1v) is 7.59. The van der Waals surface area contributed by atoms with Gasteiger partial charge in [-0.05, 0) is 18.1 Å². The Balaban J connectivity index is 2.00. The lowest BCUT2D eigenvalue weighted by atomic mass is 10.1. The van der Waals surface area contributed by atoms with Crippen molar-refractivity contribution < 1.29 is 14.7 Å². The van der Waals surface area contributed by atoms with Crippen LogP contribution in [0.5, 0.6) is 0 Å². The van der Waals surface area contributed by atoms with E-state index in [1.165, 1.54) is 0 Å². The predicted molar refractivity (Wildman–Crippen MR) is 87.9 cm³/mol. The highest BCUT2D eigenvalue weighted by Gasteiger charge is 2.11. The Hall–Kier alpha value is -2.90. The number of amides is 1. The smallest absolute Gasteiger partial charge is 0.303 e. The molecule has 0 spiro atoms. The van der Waals surface area contributed by atoms with E-state index in [4.69, 9.17) is 5.11 Å². The van der Waals surface area contributed by atoms with Gasteiger partial charge in [0.1, 0.15) is 0 Å². The van der Waals surface area contributed by atoms with Crippen LogP contribution in [0, 0.1) is 5.92 Å². The second kappa shape index (κ2) is 7.58. The van der Waals surface area contributed by atoms with Crippen LogP contribution in [0.1, 0.15) is 19.8 Å². The zero-order valence-electron chi connectivity index (χ0n) is 13.2. The summed E-state index contributed by atoms with van der Waals surface area (Å²) in [5.41, 5.74) is -0.752. The SMILES string of the molecule is CC(CNC(=O)CCn1[nH]c(=O)c2ccccc2c1=O)CC(=O)O. The summed E-state index contributed by atoms with van der Waals surface area (Å²) in [4.78, 5) is 46.6. The van der Waals surface area contributed by atoms with Crippen LogP contribution < -0.4 is 16.4 Å². The Morgan fingerprint density at radius 1 is 1.25 bits per heavy atom. The number of hydrogen-bond donors (Lipinski definition) is 3. The van der Waals surface area contributed by atoms with E-state index in [2.05, 4.69) is 10.4 Å². The number of carboxylic acid groups (broad SMARTS) is 1. The highest BCUT2D eigenvalue weighted by Crippen LogP contribution is 2.03. The predicted octanol–water partition coefficient (Wildman–Crippen LogP) is 0.307. The Labute approximate surface area is 137 Å². The molecule has 8 heteroatoms. The number of nitrogens with zero attached hydrogens (tertiary/aromatic N) is 1. The van der Waals surface area contributed by atoms with Crippen LogP contribution in [0.2, 0.25) is 0 Å². The number of rotatable bonds is 7. The van der Waals surface area contributed by atoms with Crippen molar-refractivity contribution in [2.24, 2.45) is 5.92 Å². The molecule has 3 N–H and O–H groups in total. The summed E-state index contributed by atoms with van der Waals surface area (Å²) in [6.45, 7) is 2.01. The fourth-order valence-electron chi connectivity index (χ4n) is 2.36. The molecule has 1 unspecified atom stereocenters. The minimum atomic E-state index is -0.919. The molecule has 8 nitrogen and oxygen atoms in total. The highest BCUT2D eigenvalue weighted by molar-refractivity contribution is 5.80. The van der Waals surface area contributed by atoms with Crippen molar-refractivity contribution >= 4 is 22.6 Å². The molecule has 1 atom stereocenters. The van der Waals surface area contributed by atoms with E-state index in [0.717, 1.165) is 4.68 Å². The summed E-state index contributed by atoms with van der Waals surface area (Å²) in [7, 11) is 0. The van der Waals surface area contributed by atoms with Gasteiger partial charge >= 0.3 is 5.97 Å². The zero-order chi connectivity index (χ0) is 17.7. The Bertz CT molecular complexity index is 868. The van der Waals surface area contributed by atoms with E-state index in [9.17, 15) is 19.2 Å². The summed E-state index contributed by atoms with van der Waals surface area (Å²) < 4.78 is 1.12. The molecule has 0 aliphatic rings. The lowest BCUT2D eigenvalue weighted by Gasteiger charge is -2.11. The highest BCUT2D eigenvalue weighted by atomic mass is 16.4. The third-order valence-corrected chi connectivity index (χ3v) is 3.62. The number of nitrogens with one attached hydrogen (secondary N) is 2. The van der Waals surface area contributed by atoms with Gasteiger partial charge in [0.25, 0.3) is 11.1 Å². The van der Waals surface area contributed by atoms with Crippen LogP contribution >= 0.6 is 0 Å². The van der Waals surface area contributed by atoms with Crippen LogP contribution in [-0.4, -0.2) is 33.3 Å². The van der Waals surface area contributed by atoms with Crippen molar-refractivity contribution in [2.45, 2.75) is 26.3 Å². The number of H-pyrrole nitrogens is 1. The second-order valence-corrected chi connectivity index (χ2v) is 5.70. The van der Waals surface area contributed by atoms with Crippen LogP contribution in [0.25, 0.3) is 10.8 Å². The fourth-order valence-corrected chi connectivity index (χ4v) is 2.36. The number of fused-ring (bicyclic) bond motifs is 1. The Morgan fingerprint density at radius 2 is 1.92 bits per heavy atom. The molecule has 24 heavy (non-hydrogen) atoms. The third kappa shape index (κ3) is 4.31. The van der Waals surface area contributed by atoms with Gasteiger partial charge < -0.3 is 10.4 Å². The maximum atomic E-state index is 12.3. The molecule has 0 fully saturated rings. The summed E-state index contributed by atoms with van der Waals surface area (Å²) in [5.74, 6) is -1.42. The standard InChI is InChI=1S/C16H19N3O5/c1-10(8-14(21)22)9-17-13(20)6-7-19-16(24)12-5-3-2-4-11(12)15(23)18-19/h2-5,10H,6-9H2,1H3,(H,17,20)(H,18,23)(H,21,22). The molecular formula is C16H19N3O5. The molecule has 1 aromatic carbocycles. The topological polar surface area (TPSA) is 121 Å². The number of hydrogen-bond acceptors (Lipinski definition) is 4. The number of aromatic amines is 1. The third-order valence-electron chi connectivity index (χ3n) is 3.62. The minimum absolute atomic E-state index is 0.00792. The molecule has 128 valence electrons. The van der Waals surface area contributed by atoms with Crippen molar-refractivity contribution in [1.29, 1.82) is 0 Å². The molecule has 1 heterocycles. The van der Waals surface area contributed by atoms with Gasteiger partial charge in [0.05, 0.1) is 17.3 Å². The van der Waals surface area contributed by atoms with Crippen molar-refractivity contribution in [1.82, 2.24) is 15.1 Å². The fraction of sp³-hybridized carbons (Fsp3) is 0.375. The molecule has 0 aliphatic heterocycles. The van der Waals surface area contributed by atoms with Gasteiger partial charge in [0.2, 0.25) is 5.91 Å². The molecule has 2 aromatic rings. The normalized spacial score (nSPS) is 12.0. The van der Waals surface area contributed by atoms with E-state index in [1.807, 2.05) is 0 Å². The summed E-state index contributed by atoms with van der Waals surface area (Å²) in [6, 6.07) is 6.48. The summed E-state index contributed by atoms with van der Waals surface area (Å²) in [5, 5.41) is 14.3. The van der Waals surface area contributed by atoms with E-state index in [-0.39, 0.29) is 48.9 Å². The van der Waals surface area contributed by atoms with E-state index < -0.39 is 5.97 Å². The van der Waals surface area contributed by atoms with Crippen molar-refractivity contribution in [3.8, 4) is 0 Å². The molecule has 0 saturated carbocycles. The van der Waals surface area contributed by atoms with Crippen LogP contribution in [0.3, 0.4) is 0 Å². The van der Waals surface area contributed by atoms with Gasteiger partial charge in [-0.1, -0.05) is 19.1 Å². The van der Waals surface area contributed by atoms with Gasteiger partial charge in [0.15, 0.2) is 0 Å². The van der Waals surface area contributed by atoms with Gasteiger partial charge in [0, 0.05) is 19.4 Å². The van der Waals surface area contributed by atoms with Gasteiger partial charge in [-0.25, -0.2) is 4.68 Å². The first kappa shape index (κ1) is 17.5. The molecule has 0 saturated heterocycles. The largest absolute Gasteiger partial charge is 0.481 e. The molecule has 1 aromatic heterocycles. The Morgan fingerprint density at radius 3 is 2.58 bits per heavy atom. The first-order valence-electron chi connectivity index (χ1n) is 7.59. The van der Waals surface area contributed by atoms with E-state index >= 15 is 0 Å². The maximum absolute atomic E-state index is 12.3. The zero-order valence-corrected chi connectivity index (χ0v) is 13.2. The van der Waals surface area contributed by atoms with Crippen LogP contribution in [-0.2, 0) is 16.1 Å². The van der Waals surface area contributed by atoms with E-state index in [0.29, 0.717) is 10.8 Å². The summed E-state index contributed by atoms with van der Waals surface area (Å²) in [6.07, 6.45) is -0.0221. The van der Waals surface area contributed by atoms with Gasteiger partial charge in [-0.2, -0.15) is 0 Å². The molecule has 0 aliphatic carbocycles. The van der Waals surface area contributed by atoms with Gasteiger partial charge in [-0.15, -0.1) is 0 Å². The lowest BCUT2D eigenvalue weighted by molar-refractivity contribution is -0.138. The van der Waals surface area contributed by atoms with Crippen molar-refractivity contribution in [2.75, 3.05) is 6.54 Å². The number of carbonyl (C=O) groups excluding carboxylic acids is 1. The van der Waals surface area contributed by atoms with Crippen molar-refractivity contribution in [3.05, 3.63) is 45.0 Å². The first-order chi connectivity index (χ1) is 11.4. The molecule has 0 radical (unpaired) electrons. The minimum Gasteiger partial charge on any atom is -0.481 e. The lowest BCUT2D eigenvalue weighted by Crippen LogP contribution is -2.33. The van der Waals surface area contributed by atoms with Crippen LogP contribution in [0.4, 0.5) is 0 Å². The molecule has 1 amide bonds. The summed E-state index contributed by atoms with van der Waals surface area (Å²) >= 11 is 0. The number of carbonyl (C=O) groups is 2. The number of aromatic nitrogens is 2. The van der Waals surface area contributed by atoms with E-state index in [1.54, 1.807) is 31.2 Å². The van der Waals surface area contributed by atoms with Crippen LogP contribution in [0.15, 0.2) is 33.9 Å². The number of carboxylic acids is 1. The average Bonchev–Trinajstić information content (AvgIpc) is 2.54. The molecular weight excluding hydrogens is 314 g/mol. The average molecular weight is 333 g/mol. The van der Waals surface area contributed by atoms with Crippen molar-refractivity contribution in [3.63, 3.8) is 0 Å². The number of aliphatic carboxylic acids is 1. The number of aryl methyl sites for hydroxylation is 1. The Kier molecular flexibility index (Phi) is 5.51. The molecule has 2 rings (SSSR count).